The van der Waals surface area contributed by atoms with Crippen LogP contribution in [0.2, 0.25) is 0 Å². The van der Waals surface area contributed by atoms with Crippen molar-refractivity contribution in [2.75, 3.05) is 6.61 Å². The van der Waals surface area contributed by atoms with E-state index in [1.165, 1.54) is 5.56 Å². The predicted molar refractivity (Wildman–Crippen MR) is 57.8 cm³/mol. The van der Waals surface area contributed by atoms with Gasteiger partial charge in [0.1, 0.15) is 0 Å². The maximum atomic E-state index is 10.9. The molecule has 15 heavy (non-hydrogen) atoms. The molecule has 1 aromatic rings. The van der Waals surface area contributed by atoms with Crippen LogP contribution in [0.1, 0.15) is 31.1 Å². The summed E-state index contributed by atoms with van der Waals surface area (Å²) < 4.78 is 5.16. The van der Waals surface area contributed by atoms with Gasteiger partial charge >= 0.3 is 5.97 Å². The molecule has 1 rings (SSSR count). The first-order valence-electron chi connectivity index (χ1n) is 5.12. The Morgan fingerprint density at radius 2 is 1.93 bits per heavy atom. The van der Waals surface area contributed by atoms with Gasteiger partial charge in [0.05, 0.1) is 0 Å². The smallest absolute Gasteiger partial charge is 0.337 e. The van der Waals surface area contributed by atoms with Crippen molar-refractivity contribution in [3.63, 3.8) is 0 Å². The van der Waals surface area contributed by atoms with Gasteiger partial charge in [-0.05, 0) is 24.5 Å². The van der Waals surface area contributed by atoms with E-state index >= 15 is 0 Å². The van der Waals surface area contributed by atoms with Crippen molar-refractivity contribution in [1.82, 2.24) is 0 Å². The molecule has 0 spiro atoms. The van der Waals surface area contributed by atoms with E-state index < -0.39 is 12.1 Å². The molecule has 1 aromatic carbocycles. The molecule has 0 aliphatic carbocycles. The second kappa shape index (κ2) is 5.51. The molecule has 82 valence electrons. The van der Waals surface area contributed by atoms with Crippen LogP contribution in [0.15, 0.2) is 24.3 Å². The summed E-state index contributed by atoms with van der Waals surface area (Å²) in [7, 11) is 0. The number of hydrogen-bond donors (Lipinski definition) is 1. The normalized spacial score (nSPS) is 12.4. The standard InChI is InChI=1S/C12H16O3/c1-3-9-5-7-10(8-6-9)11(12(13)14)15-4-2/h5-8,11H,3-4H2,1-2H3,(H,13,14). The Labute approximate surface area is 89.7 Å². The Hall–Kier alpha value is -1.35. The zero-order chi connectivity index (χ0) is 11.3. The minimum atomic E-state index is -0.943. The molecule has 0 fully saturated rings. The van der Waals surface area contributed by atoms with Crippen LogP contribution < -0.4 is 0 Å². The Morgan fingerprint density at radius 1 is 1.33 bits per heavy atom. The zero-order valence-electron chi connectivity index (χ0n) is 9.06. The van der Waals surface area contributed by atoms with Crippen LogP contribution in [-0.4, -0.2) is 17.7 Å². The van der Waals surface area contributed by atoms with Crippen molar-refractivity contribution in [2.24, 2.45) is 0 Å². The second-order valence-corrected chi connectivity index (χ2v) is 3.27. The summed E-state index contributed by atoms with van der Waals surface area (Å²) in [5, 5.41) is 8.96. The van der Waals surface area contributed by atoms with Crippen molar-refractivity contribution in [3.05, 3.63) is 35.4 Å². The lowest BCUT2D eigenvalue weighted by atomic mass is 10.1. The van der Waals surface area contributed by atoms with Crippen molar-refractivity contribution >= 4 is 5.97 Å². The number of rotatable bonds is 5. The molecule has 0 saturated carbocycles. The number of carboxylic acid groups (broad SMARTS) is 1. The highest BCUT2D eigenvalue weighted by Crippen LogP contribution is 2.18. The van der Waals surface area contributed by atoms with E-state index in [0.29, 0.717) is 12.2 Å². The molecule has 0 bridgehead atoms. The van der Waals surface area contributed by atoms with Crippen LogP contribution in [0.25, 0.3) is 0 Å². The summed E-state index contributed by atoms with van der Waals surface area (Å²) in [4.78, 5) is 10.9. The first-order chi connectivity index (χ1) is 7.19. The Morgan fingerprint density at radius 3 is 2.33 bits per heavy atom. The topological polar surface area (TPSA) is 46.5 Å². The van der Waals surface area contributed by atoms with Gasteiger partial charge in [-0.1, -0.05) is 31.2 Å². The summed E-state index contributed by atoms with van der Waals surface area (Å²) in [6, 6.07) is 7.50. The summed E-state index contributed by atoms with van der Waals surface area (Å²) in [5.41, 5.74) is 1.89. The lowest BCUT2D eigenvalue weighted by Crippen LogP contribution is -2.15. The van der Waals surface area contributed by atoms with E-state index in [2.05, 4.69) is 6.92 Å². The highest BCUT2D eigenvalue weighted by molar-refractivity contribution is 5.74. The maximum Gasteiger partial charge on any atom is 0.337 e. The molecule has 1 unspecified atom stereocenters. The minimum absolute atomic E-state index is 0.395. The molecule has 0 radical (unpaired) electrons. The molecule has 0 aliphatic heterocycles. The van der Waals surface area contributed by atoms with E-state index in [1.54, 1.807) is 6.92 Å². The number of aryl methyl sites for hydroxylation is 1. The molecule has 0 saturated heterocycles. The highest BCUT2D eigenvalue weighted by atomic mass is 16.5. The maximum absolute atomic E-state index is 10.9. The number of ether oxygens (including phenoxy) is 1. The predicted octanol–water partition coefficient (Wildman–Crippen LogP) is 2.41. The van der Waals surface area contributed by atoms with Gasteiger partial charge < -0.3 is 9.84 Å². The number of aliphatic carboxylic acids is 1. The highest BCUT2D eigenvalue weighted by Gasteiger charge is 2.19. The van der Waals surface area contributed by atoms with Gasteiger partial charge in [0.2, 0.25) is 0 Å². The van der Waals surface area contributed by atoms with Gasteiger partial charge in [0.15, 0.2) is 6.10 Å². The molecule has 0 aromatic heterocycles. The summed E-state index contributed by atoms with van der Waals surface area (Å²) in [6.45, 7) is 4.25. The van der Waals surface area contributed by atoms with Crippen LogP contribution in [0, 0.1) is 0 Å². The fourth-order valence-electron chi connectivity index (χ4n) is 1.40. The van der Waals surface area contributed by atoms with E-state index in [0.717, 1.165) is 6.42 Å². The van der Waals surface area contributed by atoms with Gasteiger partial charge in [-0.3, -0.25) is 0 Å². The van der Waals surface area contributed by atoms with Crippen molar-refractivity contribution < 1.29 is 14.6 Å². The third kappa shape index (κ3) is 3.06. The monoisotopic (exact) mass is 208 g/mol. The van der Waals surface area contributed by atoms with E-state index in [1.807, 2.05) is 24.3 Å². The van der Waals surface area contributed by atoms with Crippen LogP contribution in [0.3, 0.4) is 0 Å². The van der Waals surface area contributed by atoms with Crippen molar-refractivity contribution in [1.29, 1.82) is 0 Å². The first-order valence-corrected chi connectivity index (χ1v) is 5.12. The summed E-state index contributed by atoms with van der Waals surface area (Å²) >= 11 is 0. The third-order valence-electron chi connectivity index (χ3n) is 2.25. The molecule has 0 heterocycles. The Kier molecular flexibility index (Phi) is 4.31. The zero-order valence-corrected chi connectivity index (χ0v) is 9.06. The van der Waals surface area contributed by atoms with Crippen LogP contribution in [0.4, 0.5) is 0 Å². The molecule has 3 nitrogen and oxygen atoms in total. The molecule has 1 atom stereocenters. The summed E-state index contributed by atoms with van der Waals surface area (Å²) in [6.07, 6.45) is 0.105. The summed E-state index contributed by atoms with van der Waals surface area (Å²) in [5.74, 6) is -0.943. The van der Waals surface area contributed by atoms with Gasteiger partial charge in [-0.2, -0.15) is 0 Å². The number of hydrogen-bond acceptors (Lipinski definition) is 2. The van der Waals surface area contributed by atoms with Crippen molar-refractivity contribution in [3.8, 4) is 0 Å². The second-order valence-electron chi connectivity index (χ2n) is 3.27. The minimum Gasteiger partial charge on any atom is -0.479 e. The molecule has 1 N–H and O–H groups in total. The molecule has 0 amide bonds. The van der Waals surface area contributed by atoms with Gasteiger partial charge in [0, 0.05) is 6.61 Å². The van der Waals surface area contributed by atoms with Crippen LogP contribution >= 0.6 is 0 Å². The average Bonchev–Trinajstić information content (AvgIpc) is 2.26. The van der Waals surface area contributed by atoms with Crippen LogP contribution in [-0.2, 0) is 16.0 Å². The van der Waals surface area contributed by atoms with E-state index in [4.69, 9.17) is 9.84 Å². The number of carbonyl (C=O) groups is 1. The SMILES string of the molecule is CCOC(C(=O)O)c1ccc(CC)cc1. The fourth-order valence-corrected chi connectivity index (χ4v) is 1.40. The van der Waals surface area contributed by atoms with Crippen molar-refractivity contribution in [2.45, 2.75) is 26.4 Å². The van der Waals surface area contributed by atoms with Gasteiger partial charge in [0.25, 0.3) is 0 Å². The number of benzene rings is 1. The Balaban J connectivity index is 2.86. The average molecular weight is 208 g/mol. The molecule has 0 aliphatic rings. The molecular weight excluding hydrogens is 192 g/mol. The molecular formula is C12H16O3. The number of carboxylic acids is 1. The lowest BCUT2D eigenvalue weighted by Gasteiger charge is -2.12. The van der Waals surface area contributed by atoms with Crippen LogP contribution in [0.5, 0.6) is 0 Å². The quantitative estimate of drug-likeness (QED) is 0.808. The van der Waals surface area contributed by atoms with E-state index in [-0.39, 0.29) is 0 Å². The third-order valence-corrected chi connectivity index (χ3v) is 2.25. The lowest BCUT2D eigenvalue weighted by molar-refractivity contribution is -0.150. The van der Waals surface area contributed by atoms with E-state index in [9.17, 15) is 4.79 Å². The first kappa shape index (κ1) is 11.7. The largest absolute Gasteiger partial charge is 0.479 e. The fraction of sp³-hybridized carbons (Fsp3) is 0.417. The Bertz CT molecular complexity index is 316. The van der Waals surface area contributed by atoms with Gasteiger partial charge in [-0.25, -0.2) is 4.79 Å². The molecule has 3 heteroatoms. The van der Waals surface area contributed by atoms with Gasteiger partial charge in [-0.15, -0.1) is 0 Å².